The summed E-state index contributed by atoms with van der Waals surface area (Å²) in [5, 5.41) is 13.8. The van der Waals surface area contributed by atoms with Crippen LogP contribution < -0.4 is 16.2 Å². The molecule has 0 spiro atoms. The van der Waals surface area contributed by atoms with E-state index in [-0.39, 0.29) is 48.4 Å². The summed E-state index contributed by atoms with van der Waals surface area (Å²) >= 11 is 0. The van der Waals surface area contributed by atoms with Gasteiger partial charge in [0.2, 0.25) is 17.7 Å². The van der Waals surface area contributed by atoms with E-state index in [1.165, 1.54) is 5.01 Å². The first-order valence-electron chi connectivity index (χ1n) is 11.7. The number of nitrogens with one attached hydrogen (secondary N) is 3. The van der Waals surface area contributed by atoms with Crippen LogP contribution in [0.4, 0.5) is 0 Å². The molecule has 0 saturated carbocycles. The number of hydrogen-bond acceptors (Lipinski definition) is 5. The van der Waals surface area contributed by atoms with Gasteiger partial charge in [-0.3, -0.25) is 30.0 Å². The minimum Gasteiger partial charge on any atom is -0.315 e. The molecule has 1 aliphatic rings. The Morgan fingerprint density at radius 2 is 1.71 bits per heavy atom. The molecule has 0 aliphatic carbocycles. The highest BCUT2D eigenvalue weighted by molar-refractivity contribution is 5.89. The zero-order chi connectivity index (χ0) is 24.4. The van der Waals surface area contributed by atoms with Gasteiger partial charge in [-0.15, -0.1) is 12.4 Å². The molecule has 2 rings (SSSR count). The van der Waals surface area contributed by atoms with Gasteiger partial charge in [0, 0.05) is 19.6 Å². The Hall–Kier alpha value is -2.42. The Morgan fingerprint density at radius 1 is 1.06 bits per heavy atom. The molecular weight excluding hydrogens is 456 g/mol. The van der Waals surface area contributed by atoms with Crippen molar-refractivity contribution in [3.63, 3.8) is 0 Å². The largest absolute Gasteiger partial charge is 0.315 e. The van der Waals surface area contributed by atoms with Crippen molar-refractivity contribution in [3.8, 4) is 0 Å². The van der Waals surface area contributed by atoms with E-state index < -0.39 is 17.7 Å². The lowest BCUT2D eigenvalue weighted by Crippen LogP contribution is -2.58. The van der Waals surface area contributed by atoms with Crippen LogP contribution in [-0.2, 0) is 14.4 Å². The van der Waals surface area contributed by atoms with Crippen molar-refractivity contribution in [2.45, 2.75) is 40.5 Å². The molecule has 0 bridgehead atoms. The molecule has 4 N–H and O–H groups in total. The minimum atomic E-state index is -0.779. The second-order valence-electron chi connectivity index (χ2n) is 9.54. The molecular formula is C25H39ClN4O4. The number of hydroxylamine groups is 1. The monoisotopic (exact) mass is 494 g/mol. The normalized spacial score (nSPS) is 15.4. The number of halogens is 1. The van der Waals surface area contributed by atoms with Crippen molar-refractivity contribution in [1.29, 1.82) is 0 Å². The molecule has 2 atom stereocenters. The highest BCUT2D eigenvalue weighted by Crippen LogP contribution is 2.26. The van der Waals surface area contributed by atoms with Crippen LogP contribution in [0, 0.1) is 29.6 Å². The number of benzene rings is 1. The first-order chi connectivity index (χ1) is 15.7. The Kier molecular flexibility index (Phi) is 12.9. The van der Waals surface area contributed by atoms with Crippen molar-refractivity contribution < 1.29 is 19.6 Å². The summed E-state index contributed by atoms with van der Waals surface area (Å²) in [6.45, 7) is 9.49. The van der Waals surface area contributed by atoms with E-state index in [4.69, 9.17) is 0 Å². The van der Waals surface area contributed by atoms with Crippen molar-refractivity contribution in [2.75, 3.05) is 19.6 Å². The molecule has 0 radical (unpaired) electrons. The fourth-order valence-electron chi connectivity index (χ4n) is 3.87. The van der Waals surface area contributed by atoms with Gasteiger partial charge in [-0.2, -0.15) is 0 Å². The highest BCUT2D eigenvalue weighted by Gasteiger charge is 2.36. The topological polar surface area (TPSA) is 111 Å². The number of carbonyl (C=O) groups is 3. The van der Waals surface area contributed by atoms with Gasteiger partial charge in [0.25, 0.3) is 0 Å². The molecule has 9 heteroatoms. The third kappa shape index (κ3) is 9.08. The van der Waals surface area contributed by atoms with Crippen molar-refractivity contribution in [3.05, 3.63) is 42.0 Å². The SMILES string of the molecule is CC(C)C[C@@H](C(=O)NN(CC(C)C)C(=O)C1CNC1)[C@H](C/C=C/c1ccccc1)C(=O)NO.Cl. The maximum Gasteiger partial charge on any atom is 0.247 e. The Morgan fingerprint density at radius 3 is 2.21 bits per heavy atom. The average molecular weight is 495 g/mol. The molecule has 0 aromatic heterocycles. The van der Waals surface area contributed by atoms with Gasteiger partial charge < -0.3 is 5.32 Å². The van der Waals surface area contributed by atoms with Gasteiger partial charge in [-0.05, 0) is 30.2 Å². The van der Waals surface area contributed by atoms with E-state index in [1.807, 2.05) is 70.2 Å². The standard InChI is InChI=1S/C25H38N4O4.ClH/c1-17(2)13-22(21(24(31)28-33)12-8-11-19-9-6-5-7-10-19)23(30)27-29(16-18(3)4)25(32)20-14-26-15-20;/h5-11,17-18,20-22,26,33H,12-16H2,1-4H3,(H,27,30)(H,28,31);1H/b11-8+;/t21-,22+;/m0./s1. The van der Waals surface area contributed by atoms with Crippen LogP contribution >= 0.6 is 12.4 Å². The first kappa shape index (κ1) is 29.6. The van der Waals surface area contributed by atoms with E-state index in [1.54, 1.807) is 5.48 Å². The van der Waals surface area contributed by atoms with Gasteiger partial charge >= 0.3 is 0 Å². The molecule has 1 saturated heterocycles. The zero-order valence-electron chi connectivity index (χ0n) is 20.5. The zero-order valence-corrected chi connectivity index (χ0v) is 21.3. The Bertz CT molecular complexity index is 812. The summed E-state index contributed by atoms with van der Waals surface area (Å²) in [6, 6.07) is 9.66. The smallest absolute Gasteiger partial charge is 0.247 e. The number of hydrogen-bond donors (Lipinski definition) is 4. The molecule has 1 aromatic carbocycles. The number of carbonyl (C=O) groups excluding carboxylic acids is 3. The Balaban J connectivity index is 0.00000578. The van der Waals surface area contributed by atoms with Gasteiger partial charge in [0.05, 0.1) is 17.8 Å². The van der Waals surface area contributed by atoms with E-state index in [2.05, 4.69) is 10.7 Å². The predicted octanol–water partition coefficient (Wildman–Crippen LogP) is 3.03. The van der Waals surface area contributed by atoms with Crippen LogP contribution in [0.5, 0.6) is 0 Å². The molecule has 8 nitrogen and oxygen atoms in total. The number of nitrogens with zero attached hydrogens (tertiary/aromatic N) is 1. The summed E-state index contributed by atoms with van der Waals surface area (Å²) in [5.74, 6) is -2.46. The van der Waals surface area contributed by atoms with Crippen LogP contribution in [0.2, 0.25) is 0 Å². The molecule has 1 aromatic rings. The molecule has 1 heterocycles. The quantitative estimate of drug-likeness (QED) is 0.279. The maximum absolute atomic E-state index is 13.4. The summed E-state index contributed by atoms with van der Waals surface area (Å²) in [4.78, 5) is 38.8. The lowest BCUT2D eigenvalue weighted by Gasteiger charge is -2.35. The molecule has 1 fully saturated rings. The number of allylic oxidation sites excluding steroid dienone is 1. The summed E-state index contributed by atoms with van der Waals surface area (Å²) in [6.07, 6.45) is 4.45. The van der Waals surface area contributed by atoms with Crippen LogP contribution in [0.25, 0.3) is 6.08 Å². The molecule has 34 heavy (non-hydrogen) atoms. The number of amides is 3. The fourth-order valence-corrected chi connectivity index (χ4v) is 3.87. The van der Waals surface area contributed by atoms with E-state index in [9.17, 15) is 19.6 Å². The summed E-state index contributed by atoms with van der Waals surface area (Å²) in [5.41, 5.74) is 5.51. The predicted molar refractivity (Wildman–Crippen MR) is 135 cm³/mol. The van der Waals surface area contributed by atoms with Crippen molar-refractivity contribution >= 4 is 36.2 Å². The van der Waals surface area contributed by atoms with Crippen molar-refractivity contribution in [2.24, 2.45) is 29.6 Å². The summed E-state index contributed by atoms with van der Waals surface area (Å²) < 4.78 is 0. The lowest BCUT2D eigenvalue weighted by molar-refractivity contribution is -0.150. The van der Waals surface area contributed by atoms with Gasteiger partial charge in [0.15, 0.2) is 0 Å². The van der Waals surface area contributed by atoms with Crippen molar-refractivity contribution in [1.82, 2.24) is 21.2 Å². The lowest BCUT2D eigenvalue weighted by atomic mass is 9.82. The second kappa shape index (κ2) is 14.8. The van der Waals surface area contributed by atoms with Crippen LogP contribution in [0.15, 0.2) is 36.4 Å². The van der Waals surface area contributed by atoms with E-state index in [0.29, 0.717) is 26.1 Å². The highest BCUT2D eigenvalue weighted by atomic mass is 35.5. The van der Waals surface area contributed by atoms with Crippen LogP contribution in [0.1, 0.15) is 46.1 Å². The average Bonchev–Trinajstić information content (AvgIpc) is 2.73. The minimum absolute atomic E-state index is 0. The first-order valence-corrected chi connectivity index (χ1v) is 11.7. The number of rotatable bonds is 11. The van der Waals surface area contributed by atoms with Gasteiger partial charge in [-0.25, -0.2) is 5.48 Å². The molecule has 1 aliphatic heterocycles. The van der Waals surface area contributed by atoms with Gasteiger partial charge in [0.1, 0.15) is 0 Å². The van der Waals surface area contributed by atoms with Gasteiger partial charge in [-0.1, -0.05) is 70.2 Å². The Labute approximate surface area is 208 Å². The molecule has 3 amide bonds. The van der Waals surface area contributed by atoms with Crippen LogP contribution in [-0.4, -0.2) is 47.6 Å². The molecule has 0 unspecified atom stereocenters. The summed E-state index contributed by atoms with van der Waals surface area (Å²) in [7, 11) is 0. The maximum atomic E-state index is 13.4. The number of hydrazine groups is 1. The van der Waals surface area contributed by atoms with Crippen LogP contribution in [0.3, 0.4) is 0 Å². The van der Waals surface area contributed by atoms with E-state index >= 15 is 0 Å². The third-order valence-corrected chi connectivity index (χ3v) is 5.68. The van der Waals surface area contributed by atoms with E-state index in [0.717, 1.165) is 5.56 Å². The fraction of sp³-hybridized carbons (Fsp3) is 0.560. The molecule has 190 valence electrons. The third-order valence-electron chi connectivity index (χ3n) is 5.68. The second-order valence-corrected chi connectivity index (χ2v) is 9.54.